The van der Waals surface area contributed by atoms with Gasteiger partial charge in [-0.05, 0) is 29.7 Å². The summed E-state index contributed by atoms with van der Waals surface area (Å²) in [4.78, 5) is 13.3. The first kappa shape index (κ1) is 18.2. The van der Waals surface area contributed by atoms with E-state index in [1.165, 1.54) is 0 Å². The zero-order valence-corrected chi connectivity index (χ0v) is 15.9. The van der Waals surface area contributed by atoms with Gasteiger partial charge in [-0.1, -0.05) is 72.8 Å². The Balaban J connectivity index is 1.67. The van der Waals surface area contributed by atoms with Crippen molar-refractivity contribution in [1.29, 1.82) is 0 Å². The molecule has 0 aliphatic rings. The monoisotopic (exact) mass is 370 g/mol. The third-order valence-electron chi connectivity index (χ3n) is 4.85. The van der Waals surface area contributed by atoms with Crippen LogP contribution in [0.2, 0.25) is 0 Å². The van der Waals surface area contributed by atoms with Crippen LogP contribution < -0.4 is 5.43 Å². The lowest BCUT2D eigenvalue weighted by Gasteiger charge is -2.12. The van der Waals surface area contributed by atoms with Crippen LogP contribution in [0.25, 0.3) is 22.1 Å². The van der Waals surface area contributed by atoms with E-state index in [0.29, 0.717) is 41.9 Å². The number of ether oxygens (including phenoxy) is 1. The highest BCUT2D eigenvalue weighted by atomic mass is 16.5. The highest BCUT2D eigenvalue weighted by Gasteiger charge is 2.17. The van der Waals surface area contributed by atoms with Gasteiger partial charge in [0.2, 0.25) is 5.43 Å². The Morgan fingerprint density at radius 1 is 0.857 bits per heavy atom. The van der Waals surface area contributed by atoms with Gasteiger partial charge < -0.3 is 9.15 Å². The number of hydrogen-bond donors (Lipinski definition) is 0. The Morgan fingerprint density at radius 3 is 2.32 bits per heavy atom. The Labute approximate surface area is 164 Å². The zero-order valence-electron chi connectivity index (χ0n) is 15.9. The minimum Gasteiger partial charge on any atom is -0.460 e. The standard InChI is InChI=1S/C25H22O3/c1-18-9-8-14-21-23(18)25(26)24(20-12-6-3-7-13-20)22(28-21)15-16-27-17-19-10-4-2-5-11-19/h2-14H,15-17H2,1H3. The summed E-state index contributed by atoms with van der Waals surface area (Å²) in [6, 6.07) is 25.5. The van der Waals surface area contributed by atoms with E-state index < -0.39 is 0 Å². The lowest BCUT2D eigenvalue weighted by atomic mass is 9.99. The van der Waals surface area contributed by atoms with Crippen LogP contribution in [0.1, 0.15) is 16.9 Å². The molecule has 140 valence electrons. The van der Waals surface area contributed by atoms with Gasteiger partial charge in [0, 0.05) is 6.42 Å². The lowest BCUT2D eigenvalue weighted by Crippen LogP contribution is -2.12. The Morgan fingerprint density at radius 2 is 1.57 bits per heavy atom. The van der Waals surface area contributed by atoms with E-state index in [2.05, 4.69) is 0 Å². The van der Waals surface area contributed by atoms with Crippen molar-refractivity contribution in [3.8, 4) is 11.1 Å². The molecule has 3 heteroatoms. The van der Waals surface area contributed by atoms with Crippen LogP contribution in [0.15, 0.2) is 88.1 Å². The topological polar surface area (TPSA) is 39.4 Å². The van der Waals surface area contributed by atoms with Crippen LogP contribution >= 0.6 is 0 Å². The molecule has 0 fully saturated rings. The van der Waals surface area contributed by atoms with Crippen molar-refractivity contribution in [2.75, 3.05) is 6.61 Å². The molecule has 28 heavy (non-hydrogen) atoms. The molecule has 0 aliphatic carbocycles. The van der Waals surface area contributed by atoms with Crippen LogP contribution in [0.4, 0.5) is 0 Å². The second-order valence-electron chi connectivity index (χ2n) is 6.83. The van der Waals surface area contributed by atoms with E-state index in [1.54, 1.807) is 0 Å². The van der Waals surface area contributed by atoms with E-state index in [9.17, 15) is 4.79 Å². The van der Waals surface area contributed by atoms with Gasteiger partial charge in [-0.2, -0.15) is 0 Å². The van der Waals surface area contributed by atoms with Crippen LogP contribution in [0.3, 0.4) is 0 Å². The molecular weight excluding hydrogens is 348 g/mol. The molecule has 0 radical (unpaired) electrons. The summed E-state index contributed by atoms with van der Waals surface area (Å²) in [6.07, 6.45) is 0.538. The van der Waals surface area contributed by atoms with Crippen molar-refractivity contribution in [3.05, 3.63) is 106 Å². The fourth-order valence-corrected chi connectivity index (χ4v) is 3.45. The average molecular weight is 370 g/mol. The molecule has 4 rings (SSSR count). The Bertz CT molecular complexity index is 1130. The molecule has 3 aromatic carbocycles. The summed E-state index contributed by atoms with van der Waals surface area (Å²) in [5.41, 5.74) is 4.20. The van der Waals surface area contributed by atoms with Crippen molar-refractivity contribution in [2.45, 2.75) is 20.0 Å². The van der Waals surface area contributed by atoms with E-state index in [-0.39, 0.29) is 5.43 Å². The molecule has 0 spiro atoms. The predicted octanol–water partition coefficient (Wildman–Crippen LogP) is 5.53. The number of fused-ring (bicyclic) bond motifs is 1. The van der Waals surface area contributed by atoms with Gasteiger partial charge >= 0.3 is 0 Å². The summed E-state index contributed by atoms with van der Waals surface area (Å²) >= 11 is 0. The fourth-order valence-electron chi connectivity index (χ4n) is 3.45. The summed E-state index contributed by atoms with van der Waals surface area (Å²) in [6.45, 7) is 2.96. The van der Waals surface area contributed by atoms with Crippen molar-refractivity contribution in [2.24, 2.45) is 0 Å². The molecule has 3 nitrogen and oxygen atoms in total. The molecule has 0 aliphatic heterocycles. The highest BCUT2D eigenvalue weighted by Crippen LogP contribution is 2.26. The van der Waals surface area contributed by atoms with Gasteiger partial charge in [-0.15, -0.1) is 0 Å². The number of rotatable bonds is 6. The highest BCUT2D eigenvalue weighted by molar-refractivity contribution is 5.85. The van der Waals surface area contributed by atoms with Gasteiger partial charge in [0.25, 0.3) is 0 Å². The molecule has 0 atom stereocenters. The second kappa shape index (κ2) is 8.24. The quantitative estimate of drug-likeness (QED) is 0.419. The molecular formula is C25H22O3. The maximum atomic E-state index is 13.3. The second-order valence-corrected chi connectivity index (χ2v) is 6.83. The van der Waals surface area contributed by atoms with E-state index in [0.717, 1.165) is 16.7 Å². The summed E-state index contributed by atoms with van der Waals surface area (Å²) in [5, 5.41) is 0.648. The lowest BCUT2D eigenvalue weighted by molar-refractivity contribution is 0.120. The summed E-state index contributed by atoms with van der Waals surface area (Å²) in [5.74, 6) is 0.669. The zero-order chi connectivity index (χ0) is 19.3. The number of aryl methyl sites for hydroxylation is 1. The van der Waals surface area contributed by atoms with E-state index in [1.807, 2.05) is 85.8 Å². The Kier molecular flexibility index (Phi) is 5.36. The largest absolute Gasteiger partial charge is 0.460 e. The first-order valence-corrected chi connectivity index (χ1v) is 9.46. The number of benzene rings is 3. The molecule has 0 amide bonds. The molecule has 0 bridgehead atoms. The minimum atomic E-state index is 0.0172. The van der Waals surface area contributed by atoms with Crippen LogP contribution in [0.5, 0.6) is 0 Å². The molecule has 0 saturated heterocycles. The summed E-state index contributed by atoms with van der Waals surface area (Å²) in [7, 11) is 0. The third-order valence-corrected chi connectivity index (χ3v) is 4.85. The van der Waals surface area contributed by atoms with Crippen molar-refractivity contribution in [1.82, 2.24) is 0 Å². The van der Waals surface area contributed by atoms with Gasteiger partial charge in [-0.3, -0.25) is 4.79 Å². The fraction of sp³-hybridized carbons (Fsp3) is 0.160. The van der Waals surface area contributed by atoms with Gasteiger partial charge in [0.05, 0.1) is 24.2 Å². The van der Waals surface area contributed by atoms with Crippen LogP contribution in [0, 0.1) is 6.92 Å². The predicted molar refractivity (Wildman–Crippen MR) is 112 cm³/mol. The SMILES string of the molecule is Cc1cccc2oc(CCOCc3ccccc3)c(-c3ccccc3)c(=O)c12. The van der Waals surface area contributed by atoms with Gasteiger partial charge in [-0.25, -0.2) is 0 Å². The maximum absolute atomic E-state index is 13.3. The maximum Gasteiger partial charge on any atom is 0.201 e. The Hall–Kier alpha value is -3.17. The molecule has 0 saturated carbocycles. The first-order valence-electron chi connectivity index (χ1n) is 9.46. The average Bonchev–Trinajstić information content (AvgIpc) is 2.72. The van der Waals surface area contributed by atoms with Gasteiger partial charge in [0.15, 0.2) is 0 Å². The molecule has 0 N–H and O–H groups in total. The third kappa shape index (κ3) is 3.75. The van der Waals surface area contributed by atoms with Crippen molar-refractivity contribution >= 4 is 11.0 Å². The number of hydrogen-bond acceptors (Lipinski definition) is 3. The van der Waals surface area contributed by atoms with Gasteiger partial charge in [0.1, 0.15) is 11.3 Å². The van der Waals surface area contributed by atoms with Crippen molar-refractivity contribution < 1.29 is 9.15 Å². The smallest absolute Gasteiger partial charge is 0.201 e. The van der Waals surface area contributed by atoms with E-state index in [4.69, 9.17) is 9.15 Å². The summed E-state index contributed by atoms with van der Waals surface area (Å²) < 4.78 is 12.0. The molecule has 0 unspecified atom stereocenters. The normalized spacial score (nSPS) is 11.0. The van der Waals surface area contributed by atoms with Crippen molar-refractivity contribution in [3.63, 3.8) is 0 Å². The minimum absolute atomic E-state index is 0.0172. The first-order chi connectivity index (χ1) is 13.7. The van der Waals surface area contributed by atoms with Crippen LogP contribution in [-0.2, 0) is 17.8 Å². The molecule has 1 aromatic heterocycles. The van der Waals surface area contributed by atoms with E-state index >= 15 is 0 Å². The molecule has 1 heterocycles. The molecule has 4 aromatic rings. The van der Waals surface area contributed by atoms with Crippen LogP contribution in [-0.4, -0.2) is 6.61 Å².